The maximum Gasteiger partial charge on any atom is 0.314 e. The third kappa shape index (κ3) is 6.32. The van der Waals surface area contributed by atoms with Gasteiger partial charge in [0.2, 0.25) is 0 Å². The van der Waals surface area contributed by atoms with E-state index in [0.717, 1.165) is 25.3 Å². The minimum Gasteiger partial charge on any atom is -0.481 e. The van der Waals surface area contributed by atoms with Crippen molar-refractivity contribution in [2.24, 2.45) is 15.9 Å². The Morgan fingerprint density at radius 3 is 2.61 bits per heavy atom. The Hall–Kier alpha value is -1.86. The Balaban J connectivity index is 1.63. The predicted molar refractivity (Wildman–Crippen MR) is 131 cm³/mol. The van der Waals surface area contributed by atoms with Crippen molar-refractivity contribution in [2.75, 3.05) is 19.3 Å². The molecule has 8 heteroatoms. The summed E-state index contributed by atoms with van der Waals surface area (Å²) in [6, 6.07) is 14.9. The molecule has 1 aliphatic heterocycles. The second kappa shape index (κ2) is 11.1. The summed E-state index contributed by atoms with van der Waals surface area (Å²) in [4.78, 5) is 23.3. The van der Waals surface area contributed by atoms with Gasteiger partial charge >= 0.3 is 5.97 Å². The first-order valence-corrected chi connectivity index (χ1v) is 11.8. The van der Waals surface area contributed by atoms with Crippen molar-refractivity contribution in [3.05, 3.63) is 69.7 Å². The summed E-state index contributed by atoms with van der Waals surface area (Å²) >= 11 is 14.1. The van der Waals surface area contributed by atoms with Gasteiger partial charge in [0.05, 0.1) is 16.1 Å². The number of amidine groups is 1. The molecule has 0 aromatic heterocycles. The number of carboxylic acids is 1. The standard InChI is InChI=1S/C23H25Cl2N3O2S/c1-15-19(22(29)30)21(17-10-6-11-18(24)20(17)25)27-23(26-15)31-13-7-12-28(2)14-16-8-4-3-5-9-16/h3-6,8-11,19,21H,7,12-14H2,1-2H3,(H,29,30). The van der Waals surface area contributed by atoms with Crippen molar-refractivity contribution in [3.8, 4) is 0 Å². The zero-order chi connectivity index (χ0) is 22.4. The van der Waals surface area contributed by atoms with Crippen LogP contribution in [0.4, 0.5) is 0 Å². The van der Waals surface area contributed by atoms with E-state index in [0.29, 0.717) is 26.5 Å². The molecule has 5 nitrogen and oxygen atoms in total. The highest BCUT2D eigenvalue weighted by Gasteiger charge is 2.36. The zero-order valence-electron chi connectivity index (χ0n) is 17.5. The van der Waals surface area contributed by atoms with Gasteiger partial charge in [0.25, 0.3) is 0 Å². The third-order valence-corrected chi connectivity index (χ3v) is 6.85. The first-order chi connectivity index (χ1) is 14.9. The number of carbonyl (C=O) groups is 1. The minimum atomic E-state index is -0.974. The minimum absolute atomic E-state index is 0.339. The van der Waals surface area contributed by atoms with Crippen LogP contribution in [0.5, 0.6) is 0 Å². The van der Waals surface area contributed by atoms with E-state index in [9.17, 15) is 9.90 Å². The van der Waals surface area contributed by atoms with Crippen molar-refractivity contribution >= 4 is 51.8 Å². The van der Waals surface area contributed by atoms with Gasteiger partial charge in [-0.25, -0.2) is 4.99 Å². The van der Waals surface area contributed by atoms with E-state index < -0.39 is 17.9 Å². The molecule has 0 spiro atoms. The lowest BCUT2D eigenvalue weighted by atomic mass is 9.89. The molecule has 0 saturated heterocycles. The van der Waals surface area contributed by atoms with Crippen molar-refractivity contribution in [1.29, 1.82) is 0 Å². The molecular weight excluding hydrogens is 453 g/mol. The lowest BCUT2D eigenvalue weighted by Crippen LogP contribution is -2.31. The van der Waals surface area contributed by atoms with Crippen molar-refractivity contribution in [1.82, 2.24) is 4.90 Å². The molecule has 0 bridgehead atoms. The molecule has 2 atom stereocenters. The molecule has 1 aliphatic rings. The molecule has 2 unspecified atom stereocenters. The van der Waals surface area contributed by atoms with E-state index in [1.807, 2.05) is 18.2 Å². The van der Waals surface area contributed by atoms with Gasteiger partial charge in [-0.15, -0.1) is 0 Å². The van der Waals surface area contributed by atoms with Gasteiger partial charge < -0.3 is 10.0 Å². The van der Waals surface area contributed by atoms with E-state index in [2.05, 4.69) is 34.1 Å². The summed E-state index contributed by atoms with van der Waals surface area (Å²) in [6.45, 7) is 3.58. The molecule has 0 aliphatic carbocycles. The van der Waals surface area contributed by atoms with Crippen molar-refractivity contribution in [3.63, 3.8) is 0 Å². The van der Waals surface area contributed by atoms with Crippen LogP contribution in [-0.2, 0) is 11.3 Å². The fraction of sp³-hybridized carbons (Fsp3) is 0.348. The maximum atomic E-state index is 11.9. The van der Waals surface area contributed by atoms with Crippen LogP contribution >= 0.6 is 35.0 Å². The Labute approximate surface area is 197 Å². The number of carboxylic acid groups (broad SMARTS) is 1. The van der Waals surface area contributed by atoms with Gasteiger partial charge in [-0.3, -0.25) is 9.79 Å². The Morgan fingerprint density at radius 1 is 1.16 bits per heavy atom. The quantitative estimate of drug-likeness (QED) is 0.486. The fourth-order valence-electron chi connectivity index (χ4n) is 3.52. The summed E-state index contributed by atoms with van der Waals surface area (Å²) < 4.78 is 0. The summed E-state index contributed by atoms with van der Waals surface area (Å²) in [5.41, 5.74) is 2.42. The van der Waals surface area contributed by atoms with Crippen LogP contribution in [0.25, 0.3) is 0 Å². The van der Waals surface area contributed by atoms with Crippen LogP contribution in [-0.4, -0.2) is 46.2 Å². The van der Waals surface area contributed by atoms with Gasteiger partial charge in [0, 0.05) is 18.0 Å². The largest absolute Gasteiger partial charge is 0.481 e. The van der Waals surface area contributed by atoms with Crippen LogP contribution in [0.15, 0.2) is 58.5 Å². The van der Waals surface area contributed by atoms with Gasteiger partial charge in [0.1, 0.15) is 5.92 Å². The third-order valence-electron chi connectivity index (χ3n) is 5.06. The monoisotopic (exact) mass is 477 g/mol. The smallest absolute Gasteiger partial charge is 0.314 e. The maximum absolute atomic E-state index is 11.9. The average Bonchev–Trinajstić information content (AvgIpc) is 2.73. The highest BCUT2D eigenvalue weighted by atomic mass is 35.5. The predicted octanol–water partition coefficient (Wildman–Crippen LogP) is 5.82. The second-order valence-electron chi connectivity index (χ2n) is 7.49. The van der Waals surface area contributed by atoms with Gasteiger partial charge in [-0.05, 0) is 44.1 Å². The molecule has 0 fully saturated rings. The summed E-state index contributed by atoms with van der Waals surface area (Å²) in [5.74, 6) is -1.00. The Morgan fingerprint density at radius 2 is 1.90 bits per heavy atom. The molecule has 2 aromatic carbocycles. The van der Waals surface area contributed by atoms with E-state index in [4.69, 9.17) is 23.2 Å². The number of aliphatic carboxylic acids is 1. The second-order valence-corrected chi connectivity index (χ2v) is 9.34. The topological polar surface area (TPSA) is 65.3 Å². The van der Waals surface area contributed by atoms with Gasteiger partial charge in [-0.2, -0.15) is 0 Å². The van der Waals surface area contributed by atoms with Gasteiger partial charge in [0.15, 0.2) is 5.17 Å². The zero-order valence-corrected chi connectivity index (χ0v) is 19.8. The van der Waals surface area contributed by atoms with E-state index in [1.165, 1.54) is 17.3 Å². The molecule has 31 heavy (non-hydrogen) atoms. The van der Waals surface area contributed by atoms with E-state index >= 15 is 0 Å². The normalized spacial score (nSPS) is 18.6. The SMILES string of the molecule is CC1=NC(SCCCN(C)Cc2ccccc2)=NC(c2cccc(Cl)c2Cl)C1C(=O)O. The number of nitrogens with zero attached hydrogens (tertiary/aromatic N) is 3. The van der Waals surface area contributed by atoms with Crippen LogP contribution in [0.1, 0.15) is 30.5 Å². The number of thioether (sulfide) groups is 1. The first kappa shape index (κ1) is 23.8. The van der Waals surface area contributed by atoms with Crippen molar-refractivity contribution in [2.45, 2.75) is 25.9 Å². The highest BCUT2D eigenvalue weighted by Crippen LogP contribution is 2.39. The highest BCUT2D eigenvalue weighted by molar-refractivity contribution is 8.13. The Kier molecular flexibility index (Phi) is 8.55. The molecule has 2 aromatic rings. The molecule has 1 N–H and O–H groups in total. The number of rotatable bonds is 8. The molecule has 0 saturated carbocycles. The number of hydrogen-bond acceptors (Lipinski definition) is 5. The molecule has 164 valence electrons. The number of halogens is 2. The Bertz CT molecular complexity index is 982. The lowest BCUT2D eigenvalue weighted by molar-refractivity contribution is -0.140. The molecule has 3 rings (SSSR count). The number of benzene rings is 2. The molecule has 0 radical (unpaired) electrons. The first-order valence-electron chi connectivity index (χ1n) is 10.0. The van der Waals surface area contributed by atoms with E-state index in [-0.39, 0.29) is 0 Å². The van der Waals surface area contributed by atoms with Gasteiger partial charge in [-0.1, -0.05) is 77.4 Å². The fourth-order valence-corrected chi connectivity index (χ4v) is 4.80. The molecular formula is C23H25Cl2N3O2S. The average molecular weight is 478 g/mol. The van der Waals surface area contributed by atoms with Crippen LogP contribution in [0.2, 0.25) is 10.0 Å². The van der Waals surface area contributed by atoms with Crippen LogP contribution in [0, 0.1) is 5.92 Å². The lowest BCUT2D eigenvalue weighted by Gasteiger charge is -2.26. The summed E-state index contributed by atoms with van der Waals surface area (Å²) in [6.07, 6.45) is 0.965. The van der Waals surface area contributed by atoms with E-state index in [1.54, 1.807) is 25.1 Å². The number of hydrogen-bond donors (Lipinski definition) is 1. The van der Waals surface area contributed by atoms with Crippen LogP contribution < -0.4 is 0 Å². The summed E-state index contributed by atoms with van der Waals surface area (Å²) in [5, 5.41) is 11.1. The molecule has 1 heterocycles. The molecule has 0 amide bonds. The van der Waals surface area contributed by atoms with Crippen LogP contribution in [0.3, 0.4) is 0 Å². The number of aliphatic imine (C=N–C) groups is 2. The van der Waals surface area contributed by atoms with Crippen molar-refractivity contribution < 1.29 is 9.90 Å². The summed E-state index contributed by atoms with van der Waals surface area (Å²) in [7, 11) is 2.10.